The third kappa shape index (κ3) is 3.03. The lowest BCUT2D eigenvalue weighted by Crippen LogP contribution is -2.44. The number of urea groups is 1. The van der Waals surface area contributed by atoms with Gasteiger partial charge in [-0.1, -0.05) is 48.0 Å². The van der Waals surface area contributed by atoms with E-state index in [1.165, 1.54) is 0 Å². The van der Waals surface area contributed by atoms with Gasteiger partial charge < -0.3 is 10.6 Å². The number of nitrogens with zero attached hydrogens (tertiary/aromatic N) is 1. The van der Waals surface area contributed by atoms with Gasteiger partial charge in [0.2, 0.25) is 5.91 Å². The van der Waals surface area contributed by atoms with Crippen LogP contribution in [0.25, 0.3) is 0 Å². The molecular weight excluding hydrogens is 378 g/mol. The van der Waals surface area contributed by atoms with E-state index in [0.717, 1.165) is 28.0 Å². The summed E-state index contributed by atoms with van der Waals surface area (Å²) in [6.45, 7) is 1.52. The molecular formula is C21H20ClN3O3. The number of fused-ring (bicyclic) bond motifs is 2. The van der Waals surface area contributed by atoms with Crippen LogP contribution >= 0.6 is 11.6 Å². The van der Waals surface area contributed by atoms with E-state index in [4.69, 9.17) is 11.6 Å². The summed E-state index contributed by atoms with van der Waals surface area (Å²) < 4.78 is 0. The van der Waals surface area contributed by atoms with E-state index in [2.05, 4.69) is 10.6 Å². The first-order valence-electron chi connectivity index (χ1n) is 9.18. The first kappa shape index (κ1) is 18.5. The average molecular weight is 398 g/mol. The van der Waals surface area contributed by atoms with Crippen molar-refractivity contribution in [1.82, 2.24) is 15.5 Å². The van der Waals surface area contributed by atoms with Gasteiger partial charge in [-0.2, -0.15) is 0 Å². The third-order valence-electron chi connectivity index (χ3n) is 5.47. The number of imide groups is 1. The highest BCUT2D eigenvalue weighted by Gasteiger charge is 2.55. The number of nitrogens with one attached hydrogen (secondary N) is 2. The smallest absolute Gasteiger partial charge is 0.325 e. The standard InChI is InChI=1S/C21H20ClN3O3/c1-13(14-6-8-16(22)9-7-14)23-18(26)12-25-19(27)21(24-20(25)28)11-10-15-4-2-3-5-17(15)21/h2-9,13H,10-12H2,1H3,(H,23,26)(H,24,28). The van der Waals surface area contributed by atoms with Gasteiger partial charge in [-0.05, 0) is 48.6 Å². The van der Waals surface area contributed by atoms with Gasteiger partial charge >= 0.3 is 6.03 Å². The summed E-state index contributed by atoms with van der Waals surface area (Å²) in [4.78, 5) is 39.0. The zero-order chi connectivity index (χ0) is 19.9. The molecule has 144 valence electrons. The van der Waals surface area contributed by atoms with E-state index in [0.29, 0.717) is 11.4 Å². The van der Waals surface area contributed by atoms with E-state index in [9.17, 15) is 14.4 Å². The summed E-state index contributed by atoms with van der Waals surface area (Å²) in [7, 11) is 0. The number of benzene rings is 2. The lowest BCUT2D eigenvalue weighted by Gasteiger charge is -2.22. The molecule has 4 amide bonds. The van der Waals surface area contributed by atoms with E-state index in [1.807, 2.05) is 43.3 Å². The van der Waals surface area contributed by atoms with Crippen LogP contribution in [0.2, 0.25) is 5.02 Å². The largest absolute Gasteiger partial charge is 0.348 e. The van der Waals surface area contributed by atoms with Gasteiger partial charge in [-0.25, -0.2) is 4.79 Å². The molecule has 1 saturated heterocycles. The average Bonchev–Trinajstić information content (AvgIpc) is 3.16. The monoisotopic (exact) mass is 397 g/mol. The first-order valence-corrected chi connectivity index (χ1v) is 9.56. The van der Waals surface area contributed by atoms with E-state index < -0.39 is 17.5 Å². The Morgan fingerprint density at radius 1 is 1.21 bits per heavy atom. The van der Waals surface area contributed by atoms with Crippen LogP contribution in [0, 0.1) is 0 Å². The minimum Gasteiger partial charge on any atom is -0.348 e. The molecule has 1 spiro atoms. The van der Waals surface area contributed by atoms with Crippen LogP contribution in [-0.2, 0) is 21.5 Å². The van der Waals surface area contributed by atoms with Crippen molar-refractivity contribution in [2.24, 2.45) is 0 Å². The Labute approximate surface area is 167 Å². The summed E-state index contributed by atoms with van der Waals surface area (Å²) >= 11 is 5.89. The number of amides is 4. The molecule has 1 fully saturated rings. The van der Waals surface area contributed by atoms with Crippen molar-refractivity contribution in [3.8, 4) is 0 Å². The van der Waals surface area contributed by atoms with Crippen molar-refractivity contribution in [2.75, 3.05) is 6.54 Å². The second-order valence-electron chi connectivity index (χ2n) is 7.22. The maximum atomic E-state index is 13.1. The normalized spacial score (nSPS) is 21.6. The van der Waals surface area contributed by atoms with Crippen molar-refractivity contribution in [3.05, 3.63) is 70.2 Å². The molecule has 0 radical (unpaired) electrons. The van der Waals surface area contributed by atoms with Gasteiger partial charge in [0.05, 0.1) is 6.04 Å². The van der Waals surface area contributed by atoms with Crippen LogP contribution in [0.15, 0.2) is 48.5 Å². The number of hydrogen-bond donors (Lipinski definition) is 2. The Bertz CT molecular complexity index is 960. The lowest BCUT2D eigenvalue weighted by atomic mass is 9.92. The fraction of sp³-hybridized carbons (Fsp3) is 0.286. The number of rotatable bonds is 4. The molecule has 2 N–H and O–H groups in total. The minimum atomic E-state index is -1.05. The number of aryl methyl sites for hydroxylation is 1. The van der Waals surface area contributed by atoms with Gasteiger partial charge in [0.1, 0.15) is 12.1 Å². The van der Waals surface area contributed by atoms with Crippen LogP contribution in [-0.4, -0.2) is 29.3 Å². The van der Waals surface area contributed by atoms with Crippen LogP contribution in [0.3, 0.4) is 0 Å². The van der Waals surface area contributed by atoms with Gasteiger partial charge in [0.15, 0.2) is 0 Å². The molecule has 2 aromatic carbocycles. The molecule has 1 heterocycles. The van der Waals surface area contributed by atoms with Crippen molar-refractivity contribution < 1.29 is 14.4 Å². The highest BCUT2D eigenvalue weighted by molar-refractivity contribution is 6.30. The van der Waals surface area contributed by atoms with Gasteiger partial charge in [0.25, 0.3) is 5.91 Å². The van der Waals surface area contributed by atoms with Crippen LogP contribution < -0.4 is 10.6 Å². The third-order valence-corrected chi connectivity index (χ3v) is 5.72. The molecule has 28 heavy (non-hydrogen) atoms. The highest BCUT2D eigenvalue weighted by atomic mass is 35.5. The van der Waals surface area contributed by atoms with Crippen molar-refractivity contribution >= 4 is 29.4 Å². The second-order valence-corrected chi connectivity index (χ2v) is 7.66. The summed E-state index contributed by atoms with van der Waals surface area (Å²) in [5, 5.41) is 6.27. The Hall–Kier alpha value is -2.86. The van der Waals surface area contributed by atoms with Crippen molar-refractivity contribution in [2.45, 2.75) is 31.3 Å². The van der Waals surface area contributed by atoms with Crippen molar-refractivity contribution in [3.63, 3.8) is 0 Å². The molecule has 0 aromatic heterocycles. The molecule has 2 aromatic rings. The molecule has 2 atom stereocenters. The summed E-state index contributed by atoms with van der Waals surface area (Å²) in [5.74, 6) is -0.758. The van der Waals surface area contributed by atoms with Gasteiger partial charge in [-0.15, -0.1) is 0 Å². The molecule has 6 nitrogen and oxygen atoms in total. The van der Waals surface area contributed by atoms with Gasteiger partial charge in [0, 0.05) is 5.02 Å². The van der Waals surface area contributed by atoms with Crippen LogP contribution in [0.5, 0.6) is 0 Å². The number of hydrogen-bond acceptors (Lipinski definition) is 3. The molecule has 2 unspecified atom stereocenters. The second kappa shape index (κ2) is 6.95. The predicted octanol–water partition coefficient (Wildman–Crippen LogP) is 2.91. The number of halogens is 1. The van der Waals surface area contributed by atoms with E-state index in [-0.39, 0.29) is 18.5 Å². The van der Waals surface area contributed by atoms with Crippen LogP contribution in [0.1, 0.15) is 36.1 Å². The maximum absolute atomic E-state index is 13.1. The topological polar surface area (TPSA) is 78.5 Å². The van der Waals surface area contributed by atoms with E-state index >= 15 is 0 Å². The van der Waals surface area contributed by atoms with Crippen LogP contribution in [0.4, 0.5) is 4.79 Å². The zero-order valence-electron chi connectivity index (χ0n) is 15.4. The summed E-state index contributed by atoms with van der Waals surface area (Å²) in [6, 6.07) is 14.0. The molecule has 0 saturated carbocycles. The molecule has 1 aliphatic carbocycles. The molecule has 7 heteroatoms. The summed E-state index contributed by atoms with van der Waals surface area (Å²) in [5.41, 5.74) is 1.72. The summed E-state index contributed by atoms with van der Waals surface area (Å²) in [6.07, 6.45) is 1.23. The Balaban J connectivity index is 1.47. The fourth-order valence-corrected chi connectivity index (χ4v) is 4.12. The number of carbonyl (C=O) groups is 3. The number of carbonyl (C=O) groups excluding carboxylic acids is 3. The molecule has 2 aliphatic rings. The Morgan fingerprint density at radius 3 is 2.68 bits per heavy atom. The quantitative estimate of drug-likeness (QED) is 0.778. The van der Waals surface area contributed by atoms with Crippen molar-refractivity contribution in [1.29, 1.82) is 0 Å². The first-order chi connectivity index (χ1) is 13.4. The Kier molecular flexibility index (Phi) is 4.59. The molecule has 0 bridgehead atoms. The fourth-order valence-electron chi connectivity index (χ4n) is 4.00. The molecule has 1 aliphatic heterocycles. The van der Waals surface area contributed by atoms with Gasteiger partial charge in [-0.3, -0.25) is 14.5 Å². The lowest BCUT2D eigenvalue weighted by molar-refractivity contribution is -0.135. The Morgan fingerprint density at radius 2 is 1.93 bits per heavy atom. The maximum Gasteiger partial charge on any atom is 0.325 e. The zero-order valence-corrected chi connectivity index (χ0v) is 16.1. The molecule has 4 rings (SSSR count). The van der Waals surface area contributed by atoms with E-state index in [1.54, 1.807) is 12.1 Å². The highest BCUT2D eigenvalue weighted by Crippen LogP contribution is 2.41. The minimum absolute atomic E-state index is 0.272. The SMILES string of the molecule is CC(NC(=O)CN1C(=O)NC2(CCc3ccccc32)C1=O)c1ccc(Cl)cc1. The predicted molar refractivity (Wildman–Crippen MR) is 105 cm³/mol.